The molecule has 1 aliphatic rings. The number of rotatable bonds is 2. The van der Waals surface area contributed by atoms with Gasteiger partial charge >= 0.3 is 0 Å². The minimum Gasteiger partial charge on any atom is -0.312 e. The standard InChI is InChI=1S/C11H11ClN2O2S/c1-17(15,16)10-9(11(10,14)6-13)7-2-4-8(12)5-3-7/h2-5,9-10H,14H2,1H3/t9-,10+,11+/m0/s1. The number of hydrogen-bond acceptors (Lipinski definition) is 4. The van der Waals surface area contributed by atoms with Gasteiger partial charge in [-0.1, -0.05) is 23.7 Å². The predicted molar refractivity (Wildman–Crippen MR) is 65.4 cm³/mol. The van der Waals surface area contributed by atoms with Crippen LogP contribution in [0.15, 0.2) is 24.3 Å². The Bertz CT molecular complexity index is 591. The lowest BCUT2D eigenvalue weighted by Gasteiger charge is -2.00. The lowest BCUT2D eigenvalue weighted by Crippen LogP contribution is -2.28. The van der Waals surface area contributed by atoms with E-state index in [1.165, 1.54) is 0 Å². The van der Waals surface area contributed by atoms with Gasteiger partial charge in [0.2, 0.25) is 0 Å². The molecule has 1 fully saturated rings. The van der Waals surface area contributed by atoms with Gasteiger partial charge in [0.1, 0.15) is 10.8 Å². The van der Waals surface area contributed by atoms with Crippen molar-refractivity contribution in [3.63, 3.8) is 0 Å². The normalized spacial score (nSPS) is 31.9. The first kappa shape index (κ1) is 12.4. The summed E-state index contributed by atoms with van der Waals surface area (Å²) in [4.78, 5) is 0. The Kier molecular flexibility index (Phi) is 2.69. The zero-order valence-electron chi connectivity index (χ0n) is 9.09. The molecular weight excluding hydrogens is 260 g/mol. The number of benzene rings is 1. The summed E-state index contributed by atoms with van der Waals surface area (Å²) in [7, 11) is -3.34. The molecule has 2 N–H and O–H groups in total. The Balaban J connectivity index is 2.42. The minimum absolute atomic E-state index is 0.472. The lowest BCUT2D eigenvalue weighted by atomic mass is 10.1. The van der Waals surface area contributed by atoms with Gasteiger partial charge < -0.3 is 5.73 Å². The maximum atomic E-state index is 11.6. The highest BCUT2D eigenvalue weighted by molar-refractivity contribution is 7.91. The monoisotopic (exact) mass is 270 g/mol. The smallest absolute Gasteiger partial charge is 0.153 e. The molecule has 0 aromatic heterocycles. The third-order valence-corrected chi connectivity index (χ3v) is 4.90. The fraction of sp³-hybridized carbons (Fsp3) is 0.364. The maximum absolute atomic E-state index is 11.6. The van der Waals surface area contributed by atoms with Crippen molar-refractivity contribution in [3.8, 4) is 6.07 Å². The molecule has 0 spiro atoms. The zero-order chi connectivity index (χ0) is 12.8. The van der Waals surface area contributed by atoms with Gasteiger partial charge in [0.15, 0.2) is 9.84 Å². The second-order valence-corrected chi connectivity index (χ2v) is 6.93. The molecule has 0 saturated heterocycles. The van der Waals surface area contributed by atoms with Crippen LogP contribution in [0, 0.1) is 11.3 Å². The summed E-state index contributed by atoms with van der Waals surface area (Å²) in [5.74, 6) is -0.472. The van der Waals surface area contributed by atoms with E-state index in [4.69, 9.17) is 22.6 Å². The average molecular weight is 271 g/mol. The van der Waals surface area contributed by atoms with Gasteiger partial charge in [-0.2, -0.15) is 5.26 Å². The van der Waals surface area contributed by atoms with Gasteiger partial charge in [-0.15, -0.1) is 0 Å². The van der Waals surface area contributed by atoms with Crippen LogP contribution in [-0.4, -0.2) is 25.5 Å². The van der Waals surface area contributed by atoms with Gasteiger partial charge in [-0.05, 0) is 17.7 Å². The number of nitriles is 1. The molecule has 1 aliphatic carbocycles. The number of nitrogens with two attached hydrogens (primary N) is 1. The largest absolute Gasteiger partial charge is 0.312 e. The van der Waals surface area contributed by atoms with Crippen LogP contribution >= 0.6 is 11.6 Å². The fourth-order valence-corrected chi connectivity index (χ4v) is 4.06. The molecule has 4 nitrogen and oxygen atoms in total. The van der Waals surface area contributed by atoms with E-state index in [0.717, 1.165) is 11.8 Å². The van der Waals surface area contributed by atoms with E-state index in [2.05, 4.69) is 0 Å². The predicted octanol–water partition coefficient (Wildman–Crippen LogP) is 1.07. The second-order valence-electron chi connectivity index (χ2n) is 4.32. The van der Waals surface area contributed by atoms with Crippen molar-refractivity contribution < 1.29 is 8.42 Å². The van der Waals surface area contributed by atoms with Crippen LogP contribution < -0.4 is 5.73 Å². The van der Waals surface area contributed by atoms with E-state index >= 15 is 0 Å². The third-order valence-electron chi connectivity index (χ3n) is 3.06. The molecule has 90 valence electrons. The highest BCUT2D eigenvalue weighted by Crippen LogP contribution is 2.53. The van der Waals surface area contributed by atoms with E-state index in [-0.39, 0.29) is 0 Å². The summed E-state index contributed by atoms with van der Waals surface area (Å²) in [6.07, 6.45) is 1.10. The molecule has 1 aromatic carbocycles. The van der Waals surface area contributed by atoms with Gasteiger partial charge in [0.05, 0.1) is 6.07 Å². The molecule has 0 amide bonds. The maximum Gasteiger partial charge on any atom is 0.153 e. The highest BCUT2D eigenvalue weighted by Gasteiger charge is 2.69. The van der Waals surface area contributed by atoms with E-state index in [0.29, 0.717) is 5.02 Å². The zero-order valence-corrected chi connectivity index (χ0v) is 10.7. The molecule has 0 heterocycles. The summed E-state index contributed by atoms with van der Waals surface area (Å²) in [5.41, 5.74) is 5.23. The summed E-state index contributed by atoms with van der Waals surface area (Å²) >= 11 is 5.75. The number of sulfone groups is 1. The fourth-order valence-electron chi connectivity index (χ4n) is 2.23. The van der Waals surface area contributed by atoms with Crippen LogP contribution in [0.2, 0.25) is 5.02 Å². The number of nitrogens with zero attached hydrogens (tertiary/aromatic N) is 1. The van der Waals surface area contributed by atoms with Crippen LogP contribution in [0.1, 0.15) is 11.5 Å². The quantitative estimate of drug-likeness (QED) is 0.871. The molecule has 0 aliphatic heterocycles. The van der Waals surface area contributed by atoms with Crippen molar-refractivity contribution in [2.24, 2.45) is 5.73 Å². The minimum atomic E-state index is -3.34. The van der Waals surface area contributed by atoms with Crippen molar-refractivity contribution in [2.75, 3.05) is 6.26 Å². The molecular formula is C11H11ClN2O2S. The van der Waals surface area contributed by atoms with Crippen LogP contribution in [0.25, 0.3) is 0 Å². The van der Waals surface area contributed by atoms with Gasteiger partial charge in [0.25, 0.3) is 0 Å². The molecule has 0 unspecified atom stereocenters. The first-order chi connectivity index (χ1) is 7.80. The molecule has 0 radical (unpaired) electrons. The molecule has 1 aromatic rings. The summed E-state index contributed by atoms with van der Waals surface area (Å²) in [6.45, 7) is 0. The first-order valence-electron chi connectivity index (χ1n) is 4.95. The molecule has 0 bridgehead atoms. The van der Waals surface area contributed by atoms with E-state index in [9.17, 15) is 8.42 Å². The third kappa shape index (κ3) is 1.93. The SMILES string of the molecule is CS(=O)(=O)[C@@H]1[C@H](c2ccc(Cl)cc2)[C@]1(N)C#N. The van der Waals surface area contributed by atoms with Crippen molar-refractivity contribution in [1.82, 2.24) is 0 Å². The Morgan fingerprint density at radius 3 is 2.29 bits per heavy atom. The van der Waals surface area contributed by atoms with Gasteiger partial charge in [-0.25, -0.2) is 8.42 Å². The molecule has 17 heavy (non-hydrogen) atoms. The van der Waals surface area contributed by atoms with Crippen LogP contribution in [-0.2, 0) is 9.84 Å². The van der Waals surface area contributed by atoms with Gasteiger partial charge in [0, 0.05) is 17.2 Å². The Morgan fingerprint density at radius 1 is 1.41 bits per heavy atom. The number of hydrogen-bond donors (Lipinski definition) is 1. The van der Waals surface area contributed by atoms with Gasteiger partial charge in [-0.3, -0.25) is 0 Å². The molecule has 3 atom stereocenters. The average Bonchev–Trinajstić information content (AvgIpc) is 2.87. The van der Waals surface area contributed by atoms with E-state index < -0.39 is 26.5 Å². The van der Waals surface area contributed by atoms with Crippen molar-refractivity contribution >= 4 is 21.4 Å². The molecule has 6 heteroatoms. The topological polar surface area (TPSA) is 83.9 Å². The second kappa shape index (κ2) is 3.70. The van der Waals surface area contributed by atoms with Crippen molar-refractivity contribution in [2.45, 2.75) is 16.7 Å². The van der Waals surface area contributed by atoms with Crippen LogP contribution in [0.5, 0.6) is 0 Å². The van der Waals surface area contributed by atoms with E-state index in [1.807, 2.05) is 6.07 Å². The Labute approximate surface area is 105 Å². The van der Waals surface area contributed by atoms with Crippen LogP contribution in [0.4, 0.5) is 0 Å². The Hall–Kier alpha value is -1.09. The first-order valence-corrected chi connectivity index (χ1v) is 7.28. The Morgan fingerprint density at radius 2 is 1.94 bits per heavy atom. The number of halogens is 1. The summed E-state index contributed by atoms with van der Waals surface area (Å²) in [5, 5.41) is 8.75. The lowest BCUT2D eigenvalue weighted by molar-refractivity contribution is 0.597. The van der Waals surface area contributed by atoms with Crippen molar-refractivity contribution in [1.29, 1.82) is 5.26 Å². The van der Waals surface area contributed by atoms with Crippen LogP contribution in [0.3, 0.4) is 0 Å². The molecule has 2 rings (SSSR count). The molecule has 1 saturated carbocycles. The summed E-state index contributed by atoms with van der Waals surface area (Å²) < 4.78 is 23.1. The summed E-state index contributed by atoms with van der Waals surface area (Å²) in [6, 6.07) is 8.63. The van der Waals surface area contributed by atoms with E-state index in [1.54, 1.807) is 24.3 Å². The highest BCUT2D eigenvalue weighted by atomic mass is 35.5. The van der Waals surface area contributed by atoms with Crippen molar-refractivity contribution in [3.05, 3.63) is 34.9 Å².